The lowest BCUT2D eigenvalue weighted by Crippen LogP contribution is -2.33. The van der Waals surface area contributed by atoms with E-state index in [0.717, 1.165) is 22.5 Å². The molecule has 6 heteroatoms. The van der Waals surface area contributed by atoms with Gasteiger partial charge < -0.3 is 9.72 Å². The minimum absolute atomic E-state index is 0.164. The topological polar surface area (TPSA) is 59.9 Å². The molecule has 3 aromatic rings. The molecule has 1 aliphatic rings. The maximum absolute atomic E-state index is 13.0. The van der Waals surface area contributed by atoms with Gasteiger partial charge in [0, 0.05) is 12.0 Å². The van der Waals surface area contributed by atoms with Crippen molar-refractivity contribution in [3.05, 3.63) is 62.3 Å². The molecule has 25 heavy (non-hydrogen) atoms. The first-order chi connectivity index (χ1) is 11.8. The minimum atomic E-state index is -0.249. The molecule has 0 spiro atoms. The molecule has 0 saturated heterocycles. The summed E-state index contributed by atoms with van der Waals surface area (Å²) in [4.78, 5) is 20.8. The number of H-pyrrole nitrogens is 1. The molecule has 0 aliphatic carbocycles. The van der Waals surface area contributed by atoms with Gasteiger partial charge in [0.15, 0.2) is 4.77 Å². The van der Waals surface area contributed by atoms with Gasteiger partial charge in [-0.15, -0.1) is 0 Å². The van der Waals surface area contributed by atoms with Crippen molar-refractivity contribution >= 4 is 23.3 Å². The number of nitrogens with one attached hydrogen (secondary N) is 1. The number of aryl methyl sites for hydroxylation is 1. The fourth-order valence-electron chi connectivity index (χ4n) is 3.15. The SMILES string of the molecule is Cc1ccc(-n2c(=S)[nH]c3nc4c(cc3c2=O)COC(C)(C)C4)cc1. The molecule has 0 unspecified atom stereocenters. The number of hydrogen-bond acceptors (Lipinski definition) is 4. The van der Waals surface area contributed by atoms with Gasteiger partial charge in [-0.3, -0.25) is 9.36 Å². The molecule has 0 atom stereocenters. The van der Waals surface area contributed by atoms with Crippen LogP contribution in [0.2, 0.25) is 0 Å². The van der Waals surface area contributed by atoms with Crippen LogP contribution in [0, 0.1) is 11.7 Å². The van der Waals surface area contributed by atoms with Crippen LogP contribution in [0.4, 0.5) is 0 Å². The van der Waals surface area contributed by atoms with Crippen LogP contribution in [0.15, 0.2) is 35.1 Å². The first kappa shape index (κ1) is 16.2. The molecular formula is C19H19N3O2S. The molecule has 3 heterocycles. The minimum Gasteiger partial charge on any atom is -0.370 e. The molecular weight excluding hydrogens is 334 g/mol. The van der Waals surface area contributed by atoms with E-state index in [4.69, 9.17) is 17.0 Å². The fourth-order valence-corrected chi connectivity index (χ4v) is 3.44. The predicted molar refractivity (Wildman–Crippen MR) is 99.8 cm³/mol. The average molecular weight is 353 g/mol. The number of benzene rings is 1. The molecule has 0 fully saturated rings. The number of rotatable bonds is 1. The van der Waals surface area contributed by atoms with Gasteiger partial charge in [0.05, 0.1) is 29.0 Å². The van der Waals surface area contributed by atoms with Crippen molar-refractivity contribution in [2.75, 3.05) is 0 Å². The Hall–Kier alpha value is -2.31. The molecule has 5 nitrogen and oxygen atoms in total. The second-order valence-corrected chi connectivity index (χ2v) is 7.51. The normalized spacial score (nSPS) is 16.0. The average Bonchev–Trinajstić information content (AvgIpc) is 2.54. The van der Waals surface area contributed by atoms with E-state index < -0.39 is 0 Å². The zero-order valence-electron chi connectivity index (χ0n) is 14.4. The van der Waals surface area contributed by atoms with Gasteiger partial charge in [-0.05, 0) is 51.2 Å². The third-order valence-corrected chi connectivity index (χ3v) is 4.84. The van der Waals surface area contributed by atoms with Gasteiger partial charge in [0.2, 0.25) is 0 Å². The van der Waals surface area contributed by atoms with E-state index >= 15 is 0 Å². The van der Waals surface area contributed by atoms with E-state index in [1.165, 1.54) is 4.57 Å². The molecule has 0 radical (unpaired) electrons. The Morgan fingerprint density at radius 2 is 2.00 bits per heavy atom. The van der Waals surface area contributed by atoms with Crippen LogP contribution in [0.1, 0.15) is 30.7 Å². The molecule has 2 aromatic heterocycles. The third-order valence-electron chi connectivity index (χ3n) is 4.56. The van der Waals surface area contributed by atoms with Crippen molar-refractivity contribution < 1.29 is 4.74 Å². The van der Waals surface area contributed by atoms with Gasteiger partial charge in [-0.2, -0.15) is 0 Å². The molecule has 0 amide bonds. The molecule has 128 valence electrons. The van der Waals surface area contributed by atoms with Crippen LogP contribution < -0.4 is 5.56 Å². The lowest BCUT2D eigenvalue weighted by Gasteiger charge is -2.31. The number of fused-ring (bicyclic) bond motifs is 2. The molecule has 1 aromatic carbocycles. The smallest absolute Gasteiger partial charge is 0.268 e. The summed E-state index contributed by atoms with van der Waals surface area (Å²) in [5, 5.41) is 0.524. The van der Waals surface area contributed by atoms with E-state index in [-0.39, 0.29) is 11.2 Å². The third kappa shape index (κ3) is 2.81. The van der Waals surface area contributed by atoms with Gasteiger partial charge >= 0.3 is 0 Å². The molecule has 1 N–H and O–H groups in total. The Morgan fingerprint density at radius 3 is 2.72 bits per heavy atom. The van der Waals surface area contributed by atoms with E-state index in [2.05, 4.69) is 9.97 Å². The second kappa shape index (κ2) is 5.61. The maximum Gasteiger partial charge on any atom is 0.268 e. The first-order valence-electron chi connectivity index (χ1n) is 8.23. The van der Waals surface area contributed by atoms with Crippen molar-refractivity contribution in [1.82, 2.24) is 14.5 Å². The number of pyridine rings is 1. The van der Waals surface area contributed by atoms with Gasteiger partial charge in [-0.1, -0.05) is 17.7 Å². The lowest BCUT2D eigenvalue weighted by molar-refractivity contribution is -0.0411. The highest BCUT2D eigenvalue weighted by atomic mass is 32.1. The second-order valence-electron chi connectivity index (χ2n) is 7.12. The van der Waals surface area contributed by atoms with Crippen LogP contribution in [0.3, 0.4) is 0 Å². The Balaban J connectivity index is 1.95. The zero-order chi connectivity index (χ0) is 17.8. The molecule has 0 bridgehead atoms. The predicted octanol–water partition coefficient (Wildman–Crippen LogP) is 3.60. The summed E-state index contributed by atoms with van der Waals surface area (Å²) in [5.41, 5.74) is 3.92. The Morgan fingerprint density at radius 1 is 1.28 bits per heavy atom. The van der Waals surface area contributed by atoms with Crippen molar-refractivity contribution in [2.45, 2.75) is 39.4 Å². The van der Waals surface area contributed by atoms with E-state index in [1.807, 2.05) is 51.1 Å². The highest BCUT2D eigenvalue weighted by Crippen LogP contribution is 2.27. The van der Waals surface area contributed by atoms with Gasteiger partial charge in [0.1, 0.15) is 5.65 Å². The van der Waals surface area contributed by atoms with Crippen molar-refractivity contribution in [1.29, 1.82) is 0 Å². The van der Waals surface area contributed by atoms with Crippen molar-refractivity contribution in [2.24, 2.45) is 0 Å². The van der Waals surface area contributed by atoms with Crippen molar-refractivity contribution in [3.8, 4) is 5.69 Å². The highest BCUT2D eigenvalue weighted by Gasteiger charge is 2.27. The van der Waals surface area contributed by atoms with Gasteiger partial charge in [-0.25, -0.2) is 4.98 Å². The van der Waals surface area contributed by atoms with Crippen LogP contribution in [0.5, 0.6) is 0 Å². The Labute approximate surface area is 150 Å². The van der Waals surface area contributed by atoms with Gasteiger partial charge in [0.25, 0.3) is 5.56 Å². The molecule has 1 aliphatic heterocycles. The number of aromatic amines is 1. The van der Waals surface area contributed by atoms with E-state index in [1.54, 1.807) is 0 Å². The number of ether oxygens (including phenoxy) is 1. The fraction of sp³-hybridized carbons (Fsp3) is 0.316. The van der Waals surface area contributed by atoms with Crippen LogP contribution >= 0.6 is 12.2 Å². The summed E-state index contributed by atoms with van der Waals surface area (Å²) in [5.74, 6) is 0. The maximum atomic E-state index is 13.0. The summed E-state index contributed by atoms with van der Waals surface area (Å²) >= 11 is 5.42. The Kier molecular flexibility index (Phi) is 3.63. The summed E-state index contributed by atoms with van der Waals surface area (Å²) < 4.78 is 7.71. The van der Waals surface area contributed by atoms with E-state index in [9.17, 15) is 4.79 Å². The number of nitrogens with zero attached hydrogens (tertiary/aromatic N) is 2. The summed E-state index contributed by atoms with van der Waals surface area (Å²) in [6.07, 6.45) is 0.708. The molecule has 0 saturated carbocycles. The highest BCUT2D eigenvalue weighted by molar-refractivity contribution is 7.71. The van der Waals surface area contributed by atoms with Crippen molar-refractivity contribution in [3.63, 3.8) is 0 Å². The van der Waals surface area contributed by atoms with Crippen LogP contribution in [-0.2, 0) is 17.8 Å². The number of aromatic nitrogens is 3. The number of hydrogen-bond donors (Lipinski definition) is 1. The largest absolute Gasteiger partial charge is 0.370 e. The zero-order valence-corrected chi connectivity index (χ0v) is 15.2. The first-order valence-corrected chi connectivity index (χ1v) is 8.64. The lowest BCUT2D eigenvalue weighted by atomic mass is 9.95. The Bertz CT molecular complexity index is 1090. The quantitative estimate of drug-likeness (QED) is 0.679. The summed E-state index contributed by atoms with van der Waals surface area (Å²) in [6.45, 7) is 6.55. The summed E-state index contributed by atoms with van der Waals surface area (Å²) in [7, 11) is 0. The summed E-state index contributed by atoms with van der Waals surface area (Å²) in [6, 6.07) is 9.59. The van der Waals surface area contributed by atoms with E-state index in [0.29, 0.717) is 28.8 Å². The van der Waals surface area contributed by atoms with Crippen LogP contribution in [-0.4, -0.2) is 20.1 Å². The standard InChI is InChI=1S/C19H19N3O2S/c1-11-4-6-13(7-5-11)22-17(23)14-8-12-10-24-19(2,3)9-15(12)20-16(14)21-18(22)25/h4-8H,9-10H2,1-3H3,(H,20,21,25). The van der Waals surface area contributed by atoms with Crippen LogP contribution in [0.25, 0.3) is 16.7 Å². The molecule has 4 rings (SSSR count). The monoisotopic (exact) mass is 353 g/mol.